The molecule has 0 radical (unpaired) electrons. The van der Waals surface area contributed by atoms with Crippen LogP contribution >= 0.6 is 0 Å². The lowest BCUT2D eigenvalue weighted by Crippen LogP contribution is -2.72. The highest BCUT2D eigenvalue weighted by molar-refractivity contribution is 5.69. The monoisotopic (exact) mass is 666 g/mol. The summed E-state index contributed by atoms with van der Waals surface area (Å²) in [5.41, 5.74) is 0. The molecule has 0 rings (SSSR count). The van der Waals surface area contributed by atoms with Gasteiger partial charge in [-0.05, 0) is 6.42 Å². The molecule has 0 bridgehead atoms. The number of esters is 1. The summed E-state index contributed by atoms with van der Waals surface area (Å²) in [6.07, 6.45) is 1.58. The van der Waals surface area contributed by atoms with Gasteiger partial charge in [0.15, 0.2) is 0 Å². The van der Waals surface area contributed by atoms with E-state index in [1.165, 1.54) is 32.1 Å². The third-order valence-corrected chi connectivity index (χ3v) is 6.80. The van der Waals surface area contributed by atoms with Crippen molar-refractivity contribution in [2.24, 2.45) is 0 Å². The van der Waals surface area contributed by atoms with Crippen molar-refractivity contribution in [2.45, 2.75) is 158 Å². The first-order chi connectivity index (χ1) is 19.6. The fraction of sp³-hybridized carbons (Fsp3) is 0.962. The third-order valence-electron chi connectivity index (χ3n) is 6.80. The molecule has 0 fully saturated rings. The maximum atomic E-state index is 13.8. The van der Waals surface area contributed by atoms with Crippen molar-refractivity contribution < 1.29 is 75.4 Å². The van der Waals surface area contributed by atoms with Crippen LogP contribution in [0.2, 0.25) is 0 Å². The van der Waals surface area contributed by atoms with Crippen LogP contribution in [0.3, 0.4) is 0 Å². The summed E-state index contributed by atoms with van der Waals surface area (Å²) in [6, 6.07) is 0. The highest BCUT2D eigenvalue weighted by atomic mass is 19.4. The molecule has 0 aromatic carbocycles. The number of halogens is 15. The lowest BCUT2D eigenvalue weighted by molar-refractivity contribution is -0.441. The molecule has 0 amide bonds. The van der Waals surface area contributed by atoms with E-state index in [4.69, 9.17) is 0 Å². The smallest absolute Gasteiger partial charge is 0.385 e. The van der Waals surface area contributed by atoms with Crippen molar-refractivity contribution >= 4 is 5.97 Å². The van der Waals surface area contributed by atoms with Gasteiger partial charge in [-0.15, -0.1) is 0 Å². The Morgan fingerprint density at radius 3 is 1.12 bits per heavy atom. The predicted octanol–water partition coefficient (Wildman–Crippen LogP) is 11.2. The SMILES string of the molecule is CCCCCCCCCCCCCCCCCC(=O)OC(F)C(F)(F)C(F)(F)C(F)(F)C(F)(F)C(F)(F)C(F)(F)C(F)F. The van der Waals surface area contributed by atoms with Gasteiger partial charge >= 0.3 is 54.3 Å². The third kappa shape index (κ3) is 10.2. The molecule has 258 valence electrons. The Balaban J connectivity index is 4.74. The van der Waals surface area contributed by atoms with Crippen LogP contribution in [0.1, 0.15) is 110 Å². The van der Waals surface area contributed by atoms with E-state index in [1.54, 1.807) is 0 Å². The zero-order chi connectivity index (χ0) is 33.8. The van der Waals surface area contributed by atoms with Crippen molar-refractivity contribution in [2.75, 3.05) is 0 Å². The second-order valence-corrected chi connectivity index (χ2v) is 10.3. The van der Waals surface area contributed by atoms with Gasteiger partial charge in [-0.2, -0.15) is 57.1 Å². The number of hydrogen-bond donors (Lipinski definition) is 0. The lowest BCUT2D eigenvalue weighted by atomic mass is 9.91. The van der Waals surface area contributed by atoms with Crippen molar-refractivity contribution in [3.05, 3.63) is 0 Å². The Hall–Kier alpha value is -1.58. The number of hydrogen-bond acceptors (Lipinski definition) is 2. The molecular weight excluding hydrogens is 629 g/mol. The van der Waals surface area contributed by atoms with Crippen LogP contribution in [0.4, 0.5) is 65.9 Å². The maximum Gasteiger partial charge on any atom is 0.385 e. The summed E-state index contributed by atoms with van der Waals surface area (Å²) in [6.45, 7) is 2.14. The standard InChI is InChI=1S/C26H37F15O2/c1-2-3-4-5-6-7-8-9-10-11-12-13-14-15-16-17-18(42)43-20(29)22(32,33)24(36,37)26(40,41)25(38,39)23(34,35)21(30,31)19(27)28/h19-20H,2-17H2,1H3. The normalized spacial score (nSPS) is 14.8. The first-order valence-electron chi connectivity index (χ1n) is 14.0. The Morgan fingerprint density at radius 2 is 0.791 bits per heavy atom. The van der Waals surface area contributed by atoms with E-state index in [2.05, 4.69) is 11.7 Å². The van der Waals surface area contributed by atoms with Gasteiger partial charge in [0.2, 0.25) is 0 Å². The zero-order valence-corrected chi connectivity index (χ0v) is 23.5. The van der Waals surface area contributed by atoms with Gasteiger partial charge in [0.1, 0.15) is 0 Å². The summed E-state index contributed by atoms with van der Waals surface area (Å²) in [5.74, 6) is -49.1. The van der Waals surface area contributed by atoms with Gasteiger partial charge in [-0.25, -0.2) is 8.78 Å². The molecule has 1 unspecified atom stereocenters. The van der Waals surface area contributed by atoms with E-state index in [1.807, 2.05) is 0 Å². The largest absolute Gasteiger partial charge is 0.424 e. The van der Waals surface area contributed by atoms with Crippen molar-refractivity contribution in [1.29, 1.82) is 0 Å². The molecule has 0 N–H and O–H groups in total. The van der Waals surface area contributed by atoms with Gasteiger partial charge in [0.25, 0.3) is 0 Å². The molecule has 0 aromatic rings. The van der Waals surface area contributed by atoms with E-state index < -0.39 is 60.7 Å². The number of alkyl halides is 15. The Kier molecular flexibility index (Phi) is 16.6. The fourth-order valence-corrected chi connectivity index (χ4v) is 3.98. The highest BCUT2D eigenvalue weighted by Crippen LogP contribution is 2.61. The van der Waals surface area contributed by atoms with E-state index in [9.17, 15) is 70.7 Å². The van der Waals surface area contributed by atoms with Gasteiger partial charge in [0.05, 0.1) is 0 Å². The highest BCUT2D eigenvalue weighted by Gasteiger charge is 2.92. The fourth-order valence-electron chi connectivity index (χ4n) is 3.98. The molecule has 0 aromatic heterocycles. The van der Waals surface area contributed by atoms with E-state index in [-0.39, 0.29) is 12.8 Å². The van der Waals surface area contributed by atoms with Crippen LogP contribution in [0.5, 0.6) is 0 Å². The van der Waals surface area contributed by atoms with Gasteiger partial charge in [0, 0.05) is 6.42 Å². The second kappa shape index (κ2) is 17.2. The molecule has 17 heteroatoms. The first kappa shape index (κ1) is 41.4. The Labute approximate surface area is 240 Å². The molecule has 43 heavy (non-hydrogen) atoms. The molecule has 0 saturated heterocycles. The summed E-state index contributed by atoms with van der Waals surface area (Å²) < 4.78 is 202. The number of ether oxygens (including phenoxy) is 1. The molecule has 0 aliphatic heterocycles. The van der Waals surface area contributed by atoms with Gasteiger partial charge < -0.3 is 4.74 Å². The molecule has 0 aliphatic rings. The number of carbonyl (C=O) groups is 1. The summed E-state index contributed by atoms with van der Waals surface area (Å²) >= 11 is 0. The molecular formula is C26H37F15O2. The zero-order valence-electron chi connectivity index (χ0n) is 23.5. The van der Waals surface area contributed by atoms with E-state index >= 15 is 0 Å². The molecule has 0 aliphatic carbocycles. The summed E-state index contributed by atoms with van der Waals surface area (Å²) in [7, 11) is 0. The van der Waals surface area contributed by atoms with Crippen LogP contribution in [-0.2, 0) is 9.53 Å². The van der Waals surface area contributed by atoms with E-state index in [0.717, 1.165) is 38.5 Å². The molecule has 0 heterocycles. The lowest BCUT2D eigenvalue weighted by Gasteiger charge is -2.41. The minimum atomic E-state index is -8.27. The minimum Gasteiger partial charge on any atom is -0.424 e. The number of unbranched alkanes of at least 4 members (excludes halogenated alkanes) is 14. The van der Waals surface area contributed by atoms with Crippen LogP contribution in [0.25, 0.3) is 0 Å². The van der Waals surface area contributed by atoms with Crippen LogP contribution in [0.15, 0.2) is 0 Å². The second-order valence-electron chi connectivity index (χ2n) is 10.3. The molecule has 2 nitrogen and oxygen atoms in total. The average Bonchev–Trinajstić information content (AvgIpc) is 2.90. The predicted molar refractivity (Wildman–Crippen MR) is 126 cm³/mol. The summed E-state index contributed by atoms with van der Waals surface area (Å²) in [5, 5.41) is 0. The van der Waals surface area contributed by atoms with Gasteiger partial charge in [-0.3, -0.25) is 4.79 Å². The molecule has 1 atom stereocenters. The average molecular weight is 667 g/mol. The molecule has 0 spiro atoms. The van der Waals surface area contributed by atoms with Crippen LogP contribution in [0, 0.1) is 0 Å². The maximum absolute atomic E-state index is 13.8. The number of rotatable bonds is 24. The minimum absolute atomic E-state index is 0.172. The molecule has 0 saturated carbocycles. The van der Waals surface area contributed by atoms with Gasteiger partial charge in [-0.1, -0.05) is 96.8 Å². The van der Waals surface area contributed by atoms with Crippen molar-refractivity contribution in [3.63, 3.8) is 0 Å². The summed E-state index contributed by atoms with van der Waals surface area (Å²) in [4.78, 5) is 11.5. The Morgan fingerprint density at radius 1 is 0.488 bits per heavy atom. The van der Waals surface area contributed by atoms with Crippen LogP contribution in [-0.4, -0.2) is 54.3 Å². The topological polar surface area (TPSA) is 26.3 Å². The van der Waals surface area contributed by atoms with Crippen molar-refractivity contribution in [1.82, 2.24) is 0 Å². The van der Waals surface area contributed by atoms with E-state index in [0.29, 0.717) is 12.8 Å². The Bertz CT molecular complexity index is 803. The number of carbonyl (C=O) groups excluding carboxylic acids is 1. The van der Waals surface area contributed by atoms with Crippen LogP contribution < -0.4 is 0 Å². The first-order valence-corrected chi connectivity index (χ1v) is 14.0. The van der Waals surface area contributed by atoms with Crippen molar-refractivity contribution in [3.8, 4) is 0 Å². The quantitative estimate of drug-likeness (QED) is 0.0582.